The lowest BCUT2D eigenvalue weighted by Crippen LogP contribution is -2.15. The third-order valence-corrected chi connectivity index (χ3v) is 5.22. The zero-order valence-electron chi connectivity index (χ0n) is 18.5. The molecule has 2 aromatic carbocycles. The van der Waals surface area contributed by atoms with Gasteiger partial charge in [-0.05, 0) is 49.2 Å². The van der Waals surface area contributed by atoms with Crippen LogP contribution in [0.5, 0.6) is 11.5 Å². The standard InChI is InChI=1S/C24H24F3NO5/c1-4-5-10-32-22(29)12-17-14(2)28(20-13-19(25)21(31-3)11-18(17)20)23(30)15-6-8-16(9-7-15)33-24(26)27/h6-9,11,13,24H,4-5,10,12H2,1-3H3. The van der Waals surface area contributed by atoms with Gasteiger partial charge in [-0.3, -0.25) is 14.2 Å². The fourth-order valence-corrected chi connectivity index (χ4v) is 3.56. The van der Waals surface area contributed by atoms with Crippen LogP contribution in [-0.2, 0) is 16.0 Å². The first-order valence-electron chi connectivity index (χ1n) is 10.4. The Morgan fingerprint density at radius 1 is 1.12 bits per heavy atom. The zero-order chi connectivity index (χ0) is 24.1. The first kappa shape index (κ1) is 24.2. The van der Waals surface area contributed by atoms with Crippen LogP contribution in [0.25, 0.3) is 10.9 Å². The van der Waals surface area contributed by atoms with Crippen molar-refractivity contribution in [2.45, 2.75) is 39.7 Å². The van der Waals surface area contributed by atoms with E-state index in [1.165, 1.54) is 48.1 Å². The second-order valence-electron chi connectivity index (χ2n) is 7.36. The summed E-state index contributed by atoms with van der Waals surface area (Å²) in [6.45, 7) is 0.923. The Labute approximate surface area is 188 Å². The van der Waals surface area contributed by atoms with E-state index < -0.39 is 24.3 Å². The third-order valence-electron chi connectivity index (χ3n) is 5.22. The minimum atomic E-state index is -2.99. The lowest BCUT2D eigenvalue weighted by Gasteiger charge is -2.09. The number of halogens is 3. The van der Waals surface area contributed by atoms with Crippen molar-refractivity contribution in [2.75, 3.05) is 13.7 Å². The van der Waals surface area contributed by atoms with Crippen LogP contribution >= 0.6 is 0 Å². The summed E-state index contributed by atoms with van der Waals surface area (Å²) < 4.78 is 55.2. The molecule has 6 nitrogen and oxygen atoms in total. The van der Waals surface area contributed by atoms with Crippen LogP contribution in [-0.4, -0.2) is 36.8 Å². The Morgan fingerprint density at radius 3 is 2.42 bits per heavy atom. The Morgan fingerprint density at radius 2 is 1.82 bits per heavy atom. The van der Waals surface area contributed by atoms with E-state index in [-0.39, 0.29) is 35.6 Å². The summed E-state index contributed by atoms with van der Waals surface area (Å²) in [4.78, 5) is 25.7. The minimum Gasteiger partial charge on any atom is -0.494 e. The van der Waals surface area contributed by atoms with Gasteiger partial charge in [0.25, 0.3) is 5.91 Å². The summed E-state index contributed by atoms with van der Waals surface area (Å²) in [5, 5.41) is 0.476. The highest BCUT2D eigenvalue weighted by Crippen LogP contribution is 2.33. The number of rotatable bonds is 9. The highest BCUT2D eigenvalue weighted by atomic mass is 19.3. The van der Waals surface area contributed by atoms with Gasteiger partial charge in [-0.2, -0.15) is 8.78 Å². The Balaban J connectivity index is 2.05. The van der Waals surface area contributed by atoms with E-state index in [0.717, 1.165) is 12.8 Å². The molecule has 0 radical (unpaired) electrons. The Kier molecular flexibility index (Phi) is 7.63. The van der Waals surface area contributed by atoms with E-state index in [0.29, 0.717) is 16.6 Å². The molecule has 176 valence electrons. The van der Waals surface area contributed by atoms with E-state index >= 15 is 0 Å². The third kappa shape index (κ3) is 5.30. The van der Waals surface area contributed by atoms with Crippen molar-refractivity contribution >= 4 is 22.8 Å². The van der Waals surface area contributed by atoms with Crippen LogP contribution in [0.15, 0.2) is 36.4 Å². The highest BCUT2D eigenvalue weighted by molar-refractivity contribution is 6.05. The molecule has 0 bridgehead atoms. The number of aromatic nitrogens is 1. The SMILES string of the molecule is CCCCOC(=O)Cc1c(C)n(C(=O)c2ccc(OC(F)F)cc2)c2cc(F)c(OC)cc12. The molecule has 0 spiro atoms. The van der Waals surface area contributed by atoms with E-state index in [4.69, 9.17) is 9.47 Å². The Bertz CT molecular complexity index is 1160. The van der Waals surface area contributed by atoms with Gasteiger partial charge in [-0.1, -0.05) is 13.3 Å². The molecule has 3 aromatic rings. The molecule has 0 saturated carbocycles. The van der Waals surface area contributed by atoms with Gasteiger partial charge in [-0.25, -0.2) is 4.39 Å². The number of carbonyl (C=O) groups is 2. The number of ether oxygens (including phenoxy) is 3. The number of carbonyl (C=O) groups excluding carboxylic acids is 2. The number of nitrogens with zero attached hydrogens (tertiary/aromatic N) is 1. The second kappa shape index (κ2) is 10.4. The average Bonchev–Trinajstić information content (AvgIpc) is 3.03. The van der Waals surface area contributed by atoms with E-state index in [9.17, 15) is 22.8 Å². The zero-order valence-corrected chi connectivity index (χ0v) is 18.5. The molecule has 0 aliphatic carbocycles. The predicted molar refractivity (Wildman–Crippen MR) is 116 cm³/mol. The first-order valence-corrected chi connectivity index (χ1v) is 10.4. The summed E-state index contributed by atoms with van der Waals surface area (Å²) in [6, 6.07) is 7.77. The van der Waals surface area contributed by atoms with Crippen molar-refractivity contribution in [2.24, 2.45) is 0 Å². The normalized spacial score (nSPS) is 11.1. The van der Waals surface area contributed by atoms with Gasteiger partial charge in [0.15, 0.2) is 11.6 Å². The van der Waals surface area contributed by atoms with Crippen LogP contribution < -0.4 is 9.47 Å². The maximum atomic E-state index is 14.5. The molecule has 0 aliphatic heterocycles. The molecule has 1 heterocycles. The lowest BCUT2D eigenvalue weighted by atomic mass is 10.1. The first-order chi connectivity index (χ1) is 15.8. The molecule has 9 heteroatoms. The quantitative estimate of drug-likeness (QED) is 0.319. The van der Waals surface area contributed by atoms with E-state index in [1.54, 1.807) is 6.92 Å². The minimum absolute atomic E-state index is 0.0267. The maximum absolute atomic E-state index is 14.5. The van der Waals surface area contributed by atoms with Gasteiger partial charge in [0.05, 0.1) is 25.7 Å². The topological polar surface area (TPSA) is 66.8 Å². The van der Waals surface area contributed by atoms with E-state index in [1.807, 2.05) is 6.92 Å². The largest absolute Gasteiger partial charge is 0.494 e. The van der Waals surface area contributed by atoms with Crippen molar-refractivity contribution < 1.29 is 37.0 Å². The Hall–Kier alpha value is -3.49. The maximum Gasteiger partial charge on any atom is 0.387 e. The number of hydrogen-bond donors (Lipinski definition) is 0. The van der Waals surface area contributed by atoms with Gasteiger partial charge in [0, 0.05) is 22.7 Å². The fraction of sp³-hybridized carbons (Fsp3) is 0.333. The van der Waals surface area contributed by atoms with Crippen LogP contribution in [0.2, 0.25) is 0 Å². The highest BCUT2D eigenvalue weighted by Gasteiger charge is 2.24. The van der Waals surface area contributed by atoms with Gasteiger partial charge in [0.1, 0.15) is 5.75 Å². The number of alkyl halides is 2. The molecule has 0 fully saturated rings. The predicted octanol–water partition coefficient (Wildman–Crippen LogP) is 5.27. The van der Waals surface area contributed by atoms with Crippen molar-refractivity contribution in [1.29, 1.82) is 0 Å². The van der Waals surface area contributed by atoms with Gasteiger partial charge < -0.3 is 14.2 Å². The number of methoxy groups -OCH3 is 1. The van der Waals surface area contributed by atoms with Crippen molar-refractivity contribution in [3.8, 4) is 11.5 Å². The molecular weight excluding hydrogens is 439 g/mol. The van der Waals surface area contributed by atoms with Gasteiger partial charge in [0.2, 0.25) is 0 Å². The smallest absolute Gasteiger partial charge is 0.387 e. The molecule has 0 atom stereocenters. The van der Waals surface area contributed by atoms with Gasteiger partial charge >= 0.3 is 12.6 Å². The number of esters is 1. The van der Waals surface area contributed by atoms with Crippen LogP contribution in [0.3, 0.4) is 0 Å². The van der Waals surface area contributed by atoms with Crippen molar-refractivity contribution in [1.82, 2.24) is 4.57 Å². The summed E-state index contributed by atoms with van der Waals surface area (Å²) in [5.74, 6) is -1.77. The van der Waals surface area contributed by atoms with Crippen LogP contribution in [0.1, 0.15) is 41.4 Å². The summed E-state index contributed by atoms with van der Waals surface area (Å²) in [6.07, 6.45) is 1.50. The second-order valence-corrected chi connectivity index (χ2v) is 7.36. The fourth-order valence-electron chi connectivity index (χ4n) is 3.56. The molecule has 0 aliphatic rings. The molecule has 0 amide bonds. The molecule has 0 saturated heterocycles. The molecule has 33 heavy (non-hydrogen) atoms. The molecular formula is C24H24F3NO5. The van der Waals surface area contributed by atoms with Crippen molar-refractivity contribution in [3.05, 3.63) is 59.0 Å². The van der Waals surface area contributed by atoms with Gasteiger partial charge in [-0.15, -0.1) is 0 Å². The van der Waals surface area contributed by atoms with Crippen LogP contribution in [0, 0.1) is 12.7 Å². The average molecular weight is 463 g/mol. The summed E-state index contributed by atoms with van der Waals surface area (Å²) >= 11 is 0. The molecule has 3 rings (SSSR count). The van der Waals surface area contributed by atoms with E-state index in [2.05, 4.69) is 4.74 Å². The number of fused-ring (bicyclic) bond motifs is 1. The molecule has 1 aromatic heterocycles. The number of unbranched alkanes of at least 4 members (excludes halogenated alkanes) is 1. The molecule has 0 N–H and O–H groups in total. The molecule has 0 unspecified atom stereocenters. The monoisotopic (exact) mass is 463 g/mol. The summed E-state index contributed by atoms with van der Waals surface area (Å²) in [5.41, 5.74) is 1.36. The lowest BCUT2D eigenvalue weighted by molar-refractivity contribution is -0.142. The number of benzene rings is 2. The number of hydrogen-bond acceptors (Lipinski definition) is 5. The summed E-state index contributed by atoms with van der Waals surface area (Å²) in [7, 11) is 1.32. The van der Waals surface area contributed by atoms with Crippen LogP contribution in [0.4, 0.5) is 13.2 Å². The van der Waals surface area contributed by atoms with Crippen molar-refractivity contribution in [3.63, 3.8) is 0 Å².